The highest BCUT2D eigenvalue weighted by molar-refractivity contribution is 7.09. The van der Waals surface area contributed by atoms with Crippen molar-refractivity contribution >= 4 is 17.2 Å². The van der Waals surface area contributed by atoms with Crippen LogP contribution in [-0.4, -0.2) is 25.8 Å². The van der Waals surface area contributed by atoms with Crippen LogP contribution in [0, 0.1) is 20.8 Å². The summed E-state index contributed by atoms with van der Waals surface area (Å²) in [6.07, 6.45) is 0.0269. The number of amides is 1. The molecule has 0 fully saturated rings. The molecule has 27 heavy (non-hydrogen) atoms. The van der Waals surface area contributed by atoms with Crippen LogP contribution < -0.4 is 5.56 Å². The molecule has 0 atom stereocenters. The van der Waals surface area contributed by atoms with E-state index in [0.717, 1.165) is 16.1 Å². The number of nitrogens with one attached hydrogen (secondary N) is 1. The molecule has 7 heteroatoms. The largest absolute Gasteiger partial charge is 0.333 e. The van der Waals surface area contributed by atoms with Gasteiger partial charge in [0.2, 0.25) is 5.91 Å². The minimum atomic E-state index is -0.248. The van der Waals surface area contributed by atoms with Crippen LogP contribution in [0.15, 0.2) is 40.6 Å². The topological polar surface area (TPSA) is 79.0 Å². The fourth-order valence-corrected chi connectivity index (χ4v) is 3.70. The maximum Gasteiger partial charge on any atom is 0.254 e. The highest BCUT2D eigenvalue weighted by Gasteiger charge is 2.20. The fourth-order valence-electron chi connectivity index (χ4n) is 2.91. The van der Waals surface area contributed by atoms with Gasteiger partial charge in [0, 0.05) is 22.7 Å². The number of thiazole rings is 1. The van der Waals surface area contributed by atoms with Crippen molar-refractivity contribution in [3.05, 3.63) is 79.4 Å². The van der Waals surface area contributed by atoms with Crippen LogP contribution in [0.5, 0.6) is 0 Å². The number of hydrogen-bond donors (Lipinski definition) is 1. The zero-order valence-electron chi connectivity index (χ0n) is 15.7. The number of aromatic nitrogens is 3. The second kappa shape index (κ2) is 8.26. The Kier molecular flexibility index (Phi) is 5.81. The molecule has 0 saturated carbocycles. The predicted octanol–water partition coefficient (Wildman–Crippen LogP) is 2.92. The summed E-state index contributed by atoms with van der Waals surface area (Å²) in [5, 5.41) is 0. The van der Waals surface area contributed by atoms with Gasteiger partial charge in [0.15, 0.2) is 0 Å². The number of aryl methyl sites for hydroxylation is 3. The first-order valence-corrected chi connectivity index (χ1v) is 9.59. The first-order chi connectivity index (χ1) is 12.9. The van der Waals surface area contributed by atoms with Gasteiger partial charge in [0.1, 0.15) is 5.82 Å². The quantitative estimate of drug-likeness (QED) is 0.711. The molecule has 0 saturated heterocycles. The molecule has 140 valence electrons. The van der Waals surface area contributed by atoms with E-state index < -0.39 is 0 Å². The lowest BCUT2D eigenvalue weighted by atomic mass is 10.1. The third-order valence-corrected chi connectivity index (χ3v) is 5.34. The lowest BCUT2D eigenvalue weighted by Gasteiger charge is -2.23. The molecule has 3 aromatic rings. The van der Waals surface area contributed by atoms with Crippen LogP contribution in [0.1, 0.15) is 33.2 Å². The number of nitrogens with zero attached hydrogens (tertiary/aromatic N) is 3. The summed E-state index contributed by atoms with van der Waals surface area (Å²) in [7, 11) is 0. The van der Waals surface area contributed by atoms with E-state index in [2.05, 4.69) is 15.0 Å². The molecule has 0 aliphatic rings. The van der Waals surface area contributed by atoms with E-state index >= 15 is 0 Å². The van der Waals surface area contributed by atoms with Crippen molar-refractivity contribution in [2.75, 3.05) is 0 Å². The Morgan fingerprint density at radius 3 is 2.48 bits per heavy atom. The Labute approximate surface area is 161 Å². The molecule has 2 aromatic heterocycles. The van der Waals surface area contributed by atoms with Gasteiger partial charge in [-0.1, -0.05) is 30.3 Å². The number of aromatic amines is 1. The van der Waals surface area contributed by atoms with Crippen molar-refractivity contribution in [2.45, 2.75) is 40.3 Å². The predicted molar refractivity (Wildman–Crippen MR) is 106 cm³/mol. The van der Waals surface area contributed by atoms with Gasteiger partial charge in [-0.25, -0.2) is 9.97 Å². The molecule has 0 unspecified atom stereocenters. The van der Waals surface area contributed by atoms with E-state index in [1.54, 1.807) is 24.3 Å². The Bertz CT molecular complexity index is 995. The Morgan fingerprint density at radius 2 is 1.85 bits per heavy atom. The van der Waals surface area contributed by atoms with E-state index in [1.807, 2.05) is 37.3 Å². The SMILES string of the molecule is Cc1nc(C)c(CC(=O)N(Cc2ccccc2)Cc2scnc2C)c(=O)[nH]1. The third kappa shape index (κ3) is 4.68. The van der Waals surface area contributed by atoms with E-state index in [9.17, 15) is 9.59 Å². The average Bonchev–Trinajstić information content (AvgIpc) is 3.03. The van der Waals surface area contributed by atoms with Gasteiger partial charge in [-0.05, 0) is 26.3 Å². The lowest BCUT2D eigenvalue weighted by Crippen LogP contribution is -2.33. The second-order valence-electron chi connectivity index (χ2n) is 6.49. The molecule has 0 radical (unpaired) electrons. The monoisotopic (exact) mass is 382 g/mol. The molecule has 6 nitrogen and oxygen atoms in total. The van der Waals surface area contributed by atoms with Crippen molar-refractivity contribution in [1.29, 1.82) is 0 Å². The smallest absolute Gasteiger partial charge is 0.254 e. The molecule has 3 rings (SSSR count). The summed E-state index contributed by atoms with van der Waals surface area (Å²) < 4.78 is 0. The van der Waals surface area contributed by atoms with E-state index in [0.29, 0.717) is 30.2 Å². The molecule has 1 N–H and O–H groups in total. The molecule has 0 bridgehead atoms. The number of benzene rings is 1. The van der Waals surface area contributed by atoms with Gasteiger partial charge >= 0.3 is 0 Å². The second-order valence-corrected chi connectivity index (χ2v) is 7.43. The lowest BCUT2D eigenvalue weighted by molar-refractivity contribution is -0.131. The highest BCUT2D eigenvalue weighted by Crippen LogP contribution is 2.18. The molecule has 2 heterocycles. The van der Waals surface area contributed by atoms with Crippen molar-refractivity contribution in [3.8, 4) is 0 Å². The minimum Gasteiger partial charge on any atom is -0.333 e. The molecule has 1 aromatic carbocycles. The van der Waals surface area contributed by atoms with Crippen molar-refractivity contribution in [1.82, 2.24) is 19.9 Å². The van der Waals surface area contributed by atoms with Gasteiger partial charge in [-0.3, -0.25) is 9.59 Å². The normalized spacial score (nSPS) is 10.8. The van der Waals surface area contributed by atoms with Gasteiger partial charge < -0.3 is 9.88 Å². The van der Waals surface area contributed by atoms with Gasteiger partial charge in [0.25, 0.3) is 5.56 Å². The van der Waals surface area contributed by atoms with Gasteiger partial charge in [0.05, 0.1) is 24.2 Å². The standard InChI is InChI=1S/C20H22N4O2S/c1-13-17(20(26)23-15(3)22-13)9-19(25)24(10-16-7-5-4-6-8-16)11-18-14(2)21-12-27-18/h4-8,12H,9-11H2,1-3H3,(H,22,23,26). The zero-order chi connectivity index (χ0) is 19.4. The van der Waals surface area contributed by atoms with Gasteiger partial charge in [-0.2, -0.15) is 0 Å². The number of carbonyl (C=O) groups excluding carboxylic acids is 1. The Balaban J connectivity index is 1.86. The van der Waals surface area contributed by atoms with Crippen LogP contribution in [0.3, 0.4) is 0 Å². The van der Waals surface area contributed by atoms with E-state index in [-0.39, 0.29) is 17.9 Å². The van der Waals surface area contributed by atoms with Crippen molar-refractivity contribution in [2.24, 2.45) is 0 Å². The van der Waals surface area contributed by atoms with Crippen LogP contribution >= 0.6 is 11.3 Å². The summed E-state index contributed by atoms with van der Waals surface area (Å²) in [5.74, 6) is 0.445. The minimum absolute atomic E-state index is 0.0269. The van der Waals surface area contributed by atoms with Crippen LogP contribution in [-0.2, 0) is 24.3 Å². The Hall–Kier alpha value is -2.80. The zero-order valence-corrected chi connectivity index (χ0v) is 16.5. The van der Waals surface area contributed by atoms with Crippen LogP contribution in [0.25, 0.3) is 0 Å². The summed E-state index contributed by atoms with van der Waals surface area (Å²) in [6.45, 7) is 6.39. The number of carbonyl (C=O) groups is 1. The summed E-state index contributed by atoms with van der Waals surface area (Å²) >= 11 is 1.54. The summed E-state index contributed by atoms with van der Waals surface area (Å²) in [4.78, 5) is 39.4. The number of H-pyrrole nitrogens is 1. The van der Waals surface area contributed by atoms with E-state index in [4.69, 9.17) is 0 Å². The average molecular weight is 382 g/mol. The molecule has 0 aliphatic carbocycles. The molecule has 0 aliphatic heterocycles. The first-order valence-electron chi connectivity index (χ1n) is 8.71. The maximum absolute atomic E-state index is 13.1. The maximum atomic E-state index is 13.1. The third-order valence-electron chi connectivity index (χ3n) is 4.42. The molecule has 1 amide bonds. The van der Waals surface area contributed by atoms with Crippen LogP contribution in [0.4, 0.5) is 0 Å². The van der Waals surface area contributed by atoms with Crippen LogP contribution in [0.2, 0.25) is 0 Å². The molecular formula is C20H22N4O2S. The number of rotatable bonds is 6. The first kappa shape index (κ1) is 19.0. The van der Waals surface area contributed by atoms with Crippen molar-refractivity contribution in [3.63, 3.8) is 0 Å². The van der Waals surface area contributed by atoms with Crippen molar-refractivity contribution < 1.29 is 4.79 Å². The molecular weight excluding hydrogens is 360 g/mol. The van der Waals surface area contributed by atoms with E-state index in [1.165, 1.54) is 11.3 Å². The summed E-state index contributed by atoms with van der Waals surface area (Å²) in [5.41, 5.74) is 4.52. The summed E-state index contributed by atoms with van der Waals surface area (Å²) in [6, 6.07) is 9.84. The van der Waals surface area contributed by atoms with Gasteiger partial charge in [-0.15, -0.1) is 11.3 Å². The Morgan fingerprint density at radius 1 is 1.11 bits per heavy atom. The number of hydrogen-bond acceptors (Lipinski definition) is 5. The molecule has 0 spiro atoms. The fraction of sp³-hybridized carbons (Fsp3) is 0.300. The highest BCUT2D eigenvalue weighted by atomic mass is 32.1.